The van der Waals surface area contributed by atoms with Crippen molar-refractivity contribution in [1.82, 2.24) is 10.6 Å². The number of fused-ring (bicyclic) bond motifs is 1. The first-order valence-corrected chi connectivity index (χ1v) is 6.90. The average Bonchev–Trinajstić information content (AvgIpc) is 2.79. The first-order valence-electron chi connectivity index (χ1n) is 6.90. The lowest BCUT2D eigenvalue weighted by atomic mass is 10.0. The van der Waals surface area contributed by atoms with Crippen LogP contribution in [0.1, 0.15) is 27.7 Å². The normalized spacial score (nSPS) is 35.1. The van der Waals surface area contributed by atoms with Gasteiger partial charge in [0.25, 0.3) is 0 Å². The van der Waals surface area contributed by atoms with E-state index in [9.17, 15) is 14.7 Å². The lowest BCUT2D eigenvalue weighted by Gasteiger charge is -2.28. The van der Waals surface area contributed by atoms with E-state index in [-0.39, 0.29) is 18.4 Å². The van der Waals surface area contributed by atoms with Crippen molar-refractivity contribution < 1.29 is 28.9 Å². The highest BCUT2D eigenvalue weighted by Gasteiger charge is 2.56. The Hall–Kier alpha value is -1.22. The van der Waals surface area contributed by atoms with Gasteiger partial charge in [-0.3, -0.25) is 9.59 Å². The van der Waals surface area contributed by atoms with Crippen LogP contribution in [0.4, 0.5) is 0 Å². The Kier molecular flexibility index (Phi) is 4.52. The van der Waals surface area contributed by atoms with E-state index in [4.69, 9.17) is 14.2 Å². The number of aliphatic hydroxyl groups excluding tert-OH is 1. The highest BCUT2D eigenvalue weighted by atomic mass is 16.8. The second-order valence-electron chi connectivity index (χ2n) is 5.80. The largest absolute Gasteiger partial charge is 0.388 e. The Morgan fingerprint density at radius 2 is 1.90 bits per heavy atom. The summed E-state index contributed by atoms with van der Waals surface area (Å²) in [5, 5.41) is 15.4. The molecular weight excluding hydrogens is 280 g/mol. The number of nitrogens with one attached hydrogen (secondary N) is 2. The minimum Gasteiger partial charge on any atom is -0.388 e. The fourth-order valence-corrected chi connectivity index (χ4v) is 2.63. The van der Waals surface area contributed by atoms with Crippen molar-refractivity contribution in [1.29, 1.82) is 0 Å². The van der Waals surface area contributed by atoms with Gasteiger partial charge in [-0.15, -0.1) is 0 Å². The SMILES string of the molecule is CC(=O)NC[C@H](O)[C@@H]1O[C@H]2OC(C)(C)O[C@H]2[C@@H]1NC(C)=O. The number of aliphatic hydroxyl groups is 1. The third-order valence-electron chi connectivity index (χ3n) is 3.40. The first-order chi connectivity index (χ1) is 9.69. The van der Waals surface area contributed by atoms with Crippen LogP contribution >= 0.6 is 0 Å². The molecule has 0 spiro atoms. The van der Waals surface area contributed by atoms with E-state index in [0.717, 1.165) is 0 Å². The number of hydrogen-bond acceptors (Lipinski definition) is 6. The van der Waals surface area contributed by atoms with Gasteiger partial charge in [0.2, 0.25) is 11.8 Å². The van der Waals surface area contributed by atoms with Crippen LogP contribution in [0.5, 0.6) is 0 Å². The molecule has 0 bridgehead atoms. The van der Waals surface area contributed by atoms with Gasteiger partial charge in [0.1, 0.15) is 12.2 Å². The van der Waals surface area contributed by atoms with Gasteiger partial charge in [0.05, 0.1) is 12.1 Å². The predicted molar refractivity (Wildman–Crippen MR) is 71.0 cm³/mol. The maximum Gasteiger partial charge on any atom is 0.217 e. The van der Waals surface area contributed by atoms with E-state index in [1.165, 1.54) is 13.8 Å². The highest BCUT2D eigenvalue weighted by molar-refractivity contribution is 5.73. The molecule has 2 saturated heterocycles. The van der Waals surface area contributed by atoms with E-state index in [1.54, 1.807) is 13.8 Å². The molecule has 0 aromatic heterocycles. The van der Waals surface area contributed by atoms with Crippen molar-refractivity contribution in [3.05, 3.63) is 0 Å². The molecule has 2 heterocycles. The van der Waals surface area contributed by atoms with Gasteiger partial charge in [-0.25, -0.2) is 0 Å². The summed E-state index contributed by atoms with van der Waals surface area (Å²) in [6.07, 6.45) is -2.85. The van der Waals surface area contributed by atoms with Crippen LogP contribution in [0, 0.1) is 0 Å². The molecule has 0 aromatic carbocycles. The fraction of sp³-hybridized carbons (Fsp3) is 0.846. The van der Waals surface area contributed by atoms with Gasteiger partial charge in [0, 0.05) is 20.4 Å². The minimum atomic E-state index is -0.980. The summed E-state index contributed by atoms with van der Waals surface area (Å²) in [5.41, 5.74) is 0. The van der Waals surface area contributed by atoms with Crippen molar-refractivity contribution in [3.8, 4) is 0 Å². The van der Waals surface area contributed by atoms with Crippen molar-refractivity contribution in [3.63, 3.8) is 0 Å². The number of amides is 2. The van der Waals surface area contributed by atoms with E-state index in [1.807, 2.05) is 0 Å². The highest BCUT2D eigenvalue weighted by Crippen LogP contribution is 2.38. The second-order valence-corrected chi connectivity index (χ2v) is 5.80. The molecule has 0 aromatic rings. The van der Waals surface area contributed by atoms with Crippen molar-refractivity contribution >= 4 is 11.8 Å². The maximum absolute atomic E-state index is 11.4. The first kappa shape index (κ1) is 16.2. The van der Waals surface area contributed by atoms with Crippen molar-refractivity contribution in [2.75, 3.05) is 6.54 Å². The van der Waals surface area contributed by atoms with Crippen LogP contribution in [-0.2, 0) is 23.8 Å². The summed E-state index contributed by atoms with van der Waals surface area (Å²) in [6, 6.07) is -0.543. The van der Waals surface area contributed by atoms with Crippen LogP contribution in [0.25, 0.3) is 0 Å². The Labute approximate surface area is 123 Å². The molecule has 2 aliphatic heterocycles. The molecular formula is C13H22N2O6. The fourth-order valence-electron chi connectivity index (χ4n) is 2.63. The molecule has 21 heavy (non-hydrogen) atoms. The molecule has 2 aliphatic rings. The molecule has 0 radical (unpaired) electrons. The zero-order chi connectivity index (χ0) is 15.8. The lowest BCUT2D eigenvalue weighted by Crippen LogP contribution is -2.53. The zero-order valence-electron chi connectivity index (χ0n) is 12.6. The van der Waals surface area contributed by atoms with Crippen LogP contribution in [0.2, 0.25) is 0 Å². The van der Waals surface area contributed by atoms with Crippen LogP contribution in [0.15, 0.2) is 0 Å². The molecule has 120 valence electrons. The third-order valence-corrected chi connectivity index (χ3v) is 3.40. The Morgan fingerprint density at radius 1 is 1.24 bits per heavy atom. The van der Waals surface area contributed by atoms with Gasteiger partial charge in [-0.2, -0.15) is 0 Å². The summed E-state index contributed by atoms with van der Waals surface area (Å²) >= 11 is 0. The molecule has 8 heteroatoms. The molecule has 5 atom stereocenters. The number of rotatable bonds is 4. The summed E-state index contributed by atoms with van der Waals surface area (Å²) in [5.74, 6) is -1.31. The van der Waals surface area contributed by atoms with Crippen LogP contribution < -0.4 is 10.6 Å². The van der Waals surface area contributed by atoms with Gasteiger partial charge in [-0.05, 0) is 13.8 Å². The van der Waals surface area contributed by atoms with Crippen molar-refractivity contribution in [2.45, 2.75) is 64.1 Å². The lowest BCUT2D eigenvalue weighted by molar-refractivity contribution is -0.216. The van der Waals surface area contributed by atoms with Crippen LogP contribution in [0.3, 0.4) is 0 Å². The van der Waals surface area contributed by atoms with E-state index < -0.39 is 36.4 Å². The van der Waals surface area contributed by atoms with Gasteiger partial charge < -0.3 is 30.0 Å². The number of ether oxygens (including phenoxy) is 3. The zero-order valence-corrected chi connectivity index (χ0v) is 12.6. The Bertz CT molecular complexity index is 427. The maximum atomic E-state index is 11.4. The molecule has 2 amide bonds. The van der Waals surface area contributed by atoms with Gasteiger partial charge in [-0.1, -0.05) is 0 Å². The van der Waals surface area contributed by atoms with Gasteiger partial charge in [0.15, 0.2) is 12.1 Å². The molecule has 2 rings (SSSR count). The van der Waals surface area contributed by atoms with E-state index in [0.29, 0.717) is 0 Å². The van der Waals surface area contributed by atoms with Crippen LogP contribution in [-0.4, -0.2) is 59.9 Å². The number of hydrogen-bond donors (Lipinski definition) is 3. The monoisotopic (exact) mass is 302 g/mol. The predicted octanol–water partition coefficient (Wildman–Crippen LogP) is -1.14. The molecule has 2 fully saturated rings. The quantitative estimate of drug-likeness (QED) is 0.606. The summed E-state index contributed by atoms with van der Waals surface area (Å²) in [7, 11) is 0. The topological polar surface area (TPSA) is 106 Å². The molecule has 3 N–H and O–H groups in total. The molecule has 8 nitrogen and oxygen atoms in total. The molecule has 0 saturated carbocycles. The molecule has 0 aliphatic carbocycles. The van der Waals surface area contributed by atoms with Crippen molar-refractivity contribution in [2.24, 2.45) is 0 Å². The second kappa shape index (κ2) is 5.88. The van der Waals surface area contributed by atoms with Gasteiger partial charge >= 0.3 is 0 Å². The standard InChI is InChI=1S/C13H22N2O6/c1-6(16)14-5-8(18)10-9(15-7(2)17)11-12(19-10)21-13(3,4)20-11/h8-12,18H,5H2,1-4H3,(H,14,16)(H,15,17)/t8-,9+,10-,11-,12-/m0/s1. The Morgan fingerprint density at radius 3 is 2.48 bits per heavy atom. The third kappa shape index (κ3) is 3.70. The smallest absolute Gasteiger partial charge is 0.217 e. The number of carbonyl (C=O) groups excluding carboxylic acids is 2. The summed E-state index contributed by atoms with van der Waals surface area (Å²) in [4.78, 5) is 22.3. The average molecular weight is 302 g/mol. The Balaban J connectivity index is 2.07. The summed E-state index contributed by atoms with van der Waals surface area (Å²) in [6.45, 7) is 6.27. The minimum absolute atomic E-state index is 0.0267. The number of carbonyl (C=O) groups is 2. The van der Waals surface area contributed by atoms with E-state index in [2.05, 4.69) is 10.6 Å². The molecule has 0 unspecified atom stereocenters. The summed E-state index contributed by atoms with van der Waals surface area (Å²) < 4.78 is 17.0. The van der Waals surface area contributed by atoms with E-state index >= 15 is 0 Å².